The molecule has 4 aromatic rings. The maximum absolute atomic E-state index is 13.0. The number of hydrogen-bond donors (Lipinski definition) is 1. The fourth-order valence-electron chi connectivity index (χ4n) is 4.32. The molecule has 32 heavy (non-hydrogen) atoms. The minimum atomic E-state index is -2.99. The molecule has 0 bridgehead atoms. The first-order valence-corrected chi connectivity index (χ1v) is 10.3. The highest BCUT2D eigenvalue weighted by molar-refractivity contribution is 6.30. The van der Waals surface area contributed by atoms with Crippen LogP contribution in [0.3, 0.4) is 0 Å². The average molecular weight is 458 g/mol. The van der Waals surface area contributed by atoms with E-state index < -0.39 is 18.6 Å². The summed E-state index contributed by atoms with van der Waals surface area (Å²) < 4.78 is 34.1. The molecule has 164 valence electrons. The molecule has 1 aliphatic carbocycles. The number of aliphatic hydroxyl groups is 1. The molecule has 0 saturated carbocycles. The zero-order valence-corrected chi connectivity index (χ0v) is 17.6. The van der Waals surface area contributed by atoms with Crippen molar-refractivity contribution in [3.05, 3.63) is 87.2 Å². The molecule has 0 aliphatic heterocycles. The number of aromatic nitrogens is 3. The van der Waals surface area contributed by atoms with E-state index >= 15 is 0 Å². The fraction of sp³-hybridized carbons (Fsp3) is 0.217. The predicted octanol–water partition coefficient (Wildman–Crippen LogP) is 4.52. The van der Waals surface area contributed by atoms with Crippen LogP contribution < -0.4 is 10.3 Å². The molecule has 3 heterocycles. The lowest BCUT2D eigenvalue weighted by Gasteiger charge is -2.18. The van der Waals surface area contributed by atoms with E-state index in [0.717, 1.165) is 11.1 Å². The summed E-state index contributed by atoms with van der Waals surface area (Å²) in [7, 11) is 1.68. The maximum atomic E-state index is 13.0. The lowest BCUT2D eigenvalue weighted by atomic mass is 9.95. The van der Waals surface area contributed by atoms with E-state index in [-0.39, 0.29) is 17.7 Å². The molecule has 0 unspecified atom stereocenters. The lowest BCUT2D eigenvalue weighted by molar-refractivity contribution is -0.0505. The van der Waals surface area contributed by atoms with Crippen molar-refractivity contribution in [2.75, 3.05) is 0 Å². The van der Waals surface area contributed by atoms with Crippen LogP contribution in [0, 0.1) is 0 Å². The standard InChI is InChI=1S/C23H18ClF2N3O3/c1-28-10-12(3-7-20(28)31)13-2-6-19-27-21-17(30)9-16(22(21)29(19)11-13)15-8-14(24)4-5-18(15)32-23(25)26/h2-8,10-11,16-17,23,30H,9H2,1H3/t16-,17-/m1/s1. The van der Waals surface area contributed by atoms with Crippen LogP contribution in [0.5, 0.6) is 5.75 Å². The van der Waals surface area contributed by atoms with Crippen LogP contribution in [-0.2, 0) is 7.05 Å². The monoisotopic (exact) mass is 457 g/mol. The Kier molecular flexibility index (Phi) is 4.98. The van der Waals surface area contributed by atoms with Gasteiger partial charge < -0.3 is 18.8 Å². The van der Waals surface area contributed by atoms with Crippen LogP contribution in [0.15, 0.2) is 59.7 Å². The number of benzene rings is 1. The van der Waals surface area contributed by atoms with Crippen molar-refractivity contribution in [1.29, 1.82) is 0 Å². The predicted molar refractivity (Wildman–Crippen MR) is 115 cm³/mol. The third-order valence-electron chi connectivity index (χ3n) is 5.77. The minimum absolute atomic E-state index is 0.0126. The Morgan fingerprint density at radius 1 is 1.16 bits per heavy atom. The van der Waals surface area contributed by atoms with Crippen LogP contribution in [0.4, 0.5) is 8.78 Å². The largest absolute Gasteiger partial charge is 0.435 e. The molecule has 0 spiro atoms. The maximum Gasteiger partial charge on any atom is 0.387 e. The van der Waals surface area contributed by atoms with Crippen molar-refractivity contribution >= 4 is 17.2 Å². The van der Waals surface area contributed by atoms with Gasteiger partial charge in [0.25, 0.3) is 0 Å². The Bertz CT molecular complexity index is 1400. The molecule has 2 atom stereocenters. The molecule has 0 amide bonds. The molecule has 0 saturated heterocycles. The zero-order valence-electron chi connectivity index (χ0n) is 16.9. The first-order chi connectivity index (χ1) is 15.3. The topological polar surface area (TPSA) is 68.8 Å². The second-order valence-corrected chi connectivity index (χ2v) is 8.20. The molecule has 9 heteroatoms. The number of fused-ring (bicyclic) bond motifs is 3. The number of hydrogen-bond acceptors (Lipinski definition) is 4. The Labute approximate surface area is 186 Å². The van der Waals surface area contributed by atoms with Gasteiger partial charge in [0.05, 0.1) is 17.5 Å². The highest BCUT2D eigenvalue weighted by Gasteiger charge is 2.37. The second-order valence-electron chi connectivity index (χ2n) is 7.76. The normalized spacial score (nSPS) is 17.8. The van der Waals surface area contributed by atoms with E-state index in [2.05, 4.69) is 4.98 Å². The van der Waals surface area contributed by atoms with E-state index in [0.29, 0.717) is 27.6 Å². The summed E-state index contributed by atoms with van der Waals surface area (Å²) in [6, 6.07) is 11.4. The van der Waals surface area contributed by atoms with Crippen LogP contribution in [0.25, 0.3) is 16.8 Å². The number of rotatable bonds is 4. The van der Waals surface area contributed by atoms with Gasteiger partial charge in [-0.05, 0) is 53.9 Å². The van der Waals surface area contributed by atoms with Gasteiger partial charge in [0.15, 0.2) is 0 Å². The number of ether oxygens (including phenoxy) is 1. The van der Waals surface area contributed by atoms with Crippen LogP contribution in [0.2, 0.25) is 5.02 Å². The van der Waals surface area contributed by atoms with Crippen molar-refractivity contribution in [1.82, 2.24) is 14.0 Å². The summed E-state index contributed by atoms with van der Waals surface area (Å²) in [6.45, 7) is -2.99. The molecule has 1 aliphatic rings. The quantitative estimate of drug-likeness (QED) is 0.489. The van der Waals surface area contributed by atoms with Crippen molar-refractivity contribution in [3.8, 4) is 16.9 Å². The van der Waals surface area contributed by atoms with Gasteiger partial charge in [0.2, 0.25) is 5.56 Å². The van der Waals surface area contributed by atoms with Crippen LogP contribution >= 0.6 is 11.6 Å². The van der Waals surface area contributed by atoms with Gasteiger partial charge in [-0.2, -0.15) is 8.78 Å². The van der Waals surface area contributed by atoms with Gasteiger partial charge in [0, 0.05) is 42.0 Å². The molecule has 1 aromatic carbocycles. The Morgan fingerprint density at radius 3 is 2.66 bits per heavy atom. The van der Waals surface area contributed by atoms with E-state index in [1.165, 1.54) is 22.8 Å². The summed E-state index contributed by atoms with van der Waals surface area (Å²) in [5.74, 6) is -0.434. The van der Waals surface area contributed by atoms with Crippen molar-refractivity contribution < 1.29 is 18.6 Å². The number of aryl methyl sites for hydroxylation is 1. The van der Waals surface area contributed by atoms with E-state index in [4.69, 9.17) is 16.3 Å². The Hall–Kier alpha value is -3.23. The summed E-state index contributed by atoms with van der Waals surface area (Å²) >= 11 is 6.16. The third kappa shape index (κ3) is 3.45. The zero-order chi connectivity index (χ0) is 22.6. The van der Waals surface area contributed by atoms with E-state index in [1.807, 2.05) is 22.7 Å². The first-order valence-electron chi connectivity index (χ1n) is 9.93. The molecule has 5 rings (SSSR count). The van der Waals surface area contributed by atoms with Gasteiger partial charge in [0.1, 0.15) is 11.4 Å². The summed E-state index contributed by atoms with van der Waals surface area (Å²) in [5.41, 5.74) is 3.82. The summed E-state index contributed by atoms with van der Waals surface area (Å²) in [5, 5.41) is 11.1. The number of pyridine rings is 2. The number of alkyl halides is 2. The average Bonchev–Trinajstić information content (AvgIpc) is 3.28. The smallest absolute Gasteiger partial charge is 0.387 e. The van der Waals surface area contributed by atoms with Gasteiger partial charge in [-0.15, -0.1) is 0 Å². The van der Waals surface area contributed by atoms with Gasteiger partial charge in [-0.1, -0.05) is 11.6 Å². The minimum Gasteiger partial charge on any atom is -0.435 e. The van der Waals surface area contributed by atoms with Gasteiger partial charge >= 0.3 is 6.61 Å². The van der Waals surface area contributed by atoms with Gasteiger partial charge in [-0.25, -0.2) is 4.98 Å². The number of nitrogens with zero attached hydrogens (tertiary/aromatic N) is 3. The van der Waals surface area contributed by atoms with Crippen molar-refractivity contribution in [2.24, 2.45) is 7.05 Å². The summed E-state index contributed by atoms with van der Waals surface area (Å²) in [6.07, 6.45) is 3.02. The highest BCUT2D eigenvalue weighted by Crippen LogP contribution is 2.47. The van der Waals surface area contributed by atoms with E-state index in [9.17, 15) is 18.7 Å². The molecule has 0 radical (unpaired) electrons. The summed E-state index contributed by atoms with van der Waals surface area (Å²) in [4.78, 5) is 16.3. The molecule has 3 aromatic heterocycles. The first kappa shape index (κ1) is 20.7. The lowest BCUT2D eigenvalue weighted by Crippen LogP contribution is -2.14. The second kappa shape index (κ2) is 7.72. The number of aliphatic hydroxyl groups excluding tert-OH is 1. The SMILES string of the molecule is Cn1cc(-c2ccc3nc4c(n3c2)[C@@H](c2cc(Cl)ccc2OC(F)F)C[C@H]4O)ccc1=O. The van der Waals surface area contributed by atoms with Gasteiger partial charge in [-0.3, -0.25) is 4.79 Å². The third-order valence-corrected chi connectivity index (χ3v) is 6.01. The Morgan fingerprint density at radius 2 is 1.91 bits per heavy atom. The van der Waals surface area contributed by atoms with Crippen LogP contribution in [0.1, 0.15) is 35.4 Å². The highest BCUT2D eigenvalue weighted by atomic mass is 35.5. The van der Waals surface area contributed by atoms with Crippen molar-refractivity contribution in [3.63, 3.8) is 0 Å². The van der Waals surface area contributed by atoms with Crippen LogP contribution in [-0.4, -0.2) is 25.7 Å². The molecular weight excluding hydrogens is 440 g/mol. The number of imidazole rings is 1. The molecular formula is C23H18ClF2N3O3. The number of halogens is 3. The van der Waals surface area contributed by atoms with Crippen molar-refractivity contribution in [2.45, 2.75) is 25.1 Å². The molecule has 0 fully saturated rings. The fourth-order valence-corrected chi connectivity index (χ4v) is 4.50. The molecule has 1 N–H and O–H groups in total. The Balaban J connectivity index is 1.68. The molecule has 6 nitrogen and oxygen atoms in total. The van der Waals surface area contributed by atoms with E-state index in [1.54, 1.807) is 25.4 Å².